The third-order valence-electron chi connectivity index (χ3n) is 1.35. The van der Waals surface area contributed by atoms with Gasteiger partial charge in [-0.2, -0.15) is 8.42 Å². The van der Waals surface area contributed by atoms with Crippen molar-refractivity contribution in [3.63, 3.8) is 0 Å². The molecule has 0 spiro atoms. The Morgan fingerprint density at radius 2 is 1.92 bits per heavy atom. The Kier molecular flexibility index (Phi) is 2.25. The fourth-order valence-electron chi connectivity index (χ4n) is 0.835. The van der Waals surface area contributed by atoms with Crippen molar-refractivity contribution in [2.75, 3.05) is 0 Å². The number of hydrogen-bond acceptors (Lipinski definition) is 3. The summed E-state index contributed by atoms with van der Waals surface area (Å²) in [5, 5.41) is 6.86. The van der Waals surface area contributed by atoms with Crippen LogP contribution in [0.15, 0.2) is 29.2 Å². The summed E-state index contributed by atoms with van der Waals surface area (Å²) in [5.41, 5.74) is 0.181. The average Bonchev–Trinajstić information content (AvgIpc) is 2.03. The standard InChI is InChI=1S/C7H7NO3S/c8-5-6-3-1-2-4-7(6)12(9,10)11/h1-5,8H,(H,9,10,11). The van der Waals surface area contributed by atoms with Crippen molar-refractivity contribution in [1.29, 1.82) is 5.41 Å². The van der Waals surface area contributed by atoms with Crippen LogP contribution in [-0.2, 0) is 10.1 Å². The third-order valence-corrected chi connectivity index (χ3v) is 2.28. The van der Waals surface area contributed by atoms with Crippen molar-refractivity contribution >= 4 is 16.3 Å². The maximum Gasteiger partial charge on any atom is 0.295 e. The zero-order chi connectivity index (χ0) is 9.19. The molecular weight excluding hydrogens is 178 g/mol. The zero-order valence-electron chi connectivity index (χ0n) is 6.06. The van der Waals surface area contributed by atoms with Gasteiger partial charge in [-0.05, 0) is 6.07 Å². The number of nitrogens with one attached hydrogen (secondary N) is 1. The van der Waals surface area contributed by atoms with Gasteiger partial charge >= 0.3 is 0 Å². The van der Waals surface area contributed by atoms with Gasteiger partial charge in [0, 0.05) is 11.8 Å². The molecule has 0 atom stereocenters. The Bertz CT molecular complexity index is 397. The van der Waals surface area contributed by atoms with E-state index in [2.05, 4.69) is 0 Å². The molecule has 0 amide bonds. The Balaban J connectivity index is 3.43. The molecule has 0 aliphatic heterocycles. The molecule has 1 aromatic carbocycles. The first-order valence-corrected chi connectivity index (χ1v) is 4.56. The summed E-state index contributed by atoms with van der Waals surface area (Å²) in [4.78, 5) is -0.236. The minimum atomic E-state index is -4.20. The fraction of sp³-hybridized carbons (Fsp3) is 0. The van der Waals surface area contributed by atoms with Crippen LogP contribution in [-0.4, -0.2) is 19.2 Å². The van der Waals surface area contributed by atoms with E-state index in [9.17, 15) is 8.42 Å². The summed E-state index contributed by atoms with van der Waals surface area (Å²) < 4.78 is 30.0. The second kappa shape index (κ2) is 3.04. The van der Waals surface area contributed by atoms with Gasteiger partial charge in [-0.25, -0.2) is 0 Å². The van der Waals surface area contributed by atoms with Gasteiger partial charge in [0.15, 0.2) is 0 Å². The number of hydrogen-bond donors (Lipinski definition) is 2. The normalized spacial score (nSPS) is 11.1. The smallest absolute Gasteiger partial charge is 0.295 e. The van der Waals surface area contributed by atoms with Crippen LogP contribution in [0.5, 0.6) is 0 Å². The lowest BCUT2D eigenvalue weighted by Gasteiger charge is -1.99. The Morgan fingerprint density at radius 3 is 2.33 bits per heavy atom. The molecule has 0 saturated carbocycles. The minimum absolute atomic E-state index is 0.181. The maximum absolute atomic E-state index is 10.7. The molecule has 0 aromatic heterocycles. The molecule has 0 saturated heterocycles. The average molecular weight is 185 g/mol. The molecule has 12 heavy (non-hydrogen) atoms. The molecule has 0 heterocycles. The van der Waals surface area contributed by atoms with Crippen LogP contribution in [0.25, 0.3) is 0 Å². The third kappa shape index (κ3) is 1.69. The van der Waals surface area contributed by atoms with Crippen LogP contribution in [0.4, 0.5) is 0 Å². The highest BCUT2D eigenvalue weighted by Crippen LogP contribution is 2.12. The quantitative estimate of drug-likeness (QED) is 0.531. The molecule has 64 valence electrons. The van der Waals surface area contributed by atoms with Crippen LogP contribution >= 0.6 is 0 Å². The second-order valence-corrected chi connectivity index (χ2v) is 3.55. The lowest BCUT2D eigenvalue weighted by atomic mass is 10.2. The molecule has 5 heteroatoms. The van der Waals surface area contributed by atoms with Crippen LogP contribution in [0, 0.1) is 5.41 Å². The zero-order valence-corrected chi connectivity index (χ0v) is 6.88. The van der Waals surface area contributed by atoms with Gasteiger partial charge in [-0.1, -0.05) is 18.2 Å². The first-order chi connectivity index (χ1) is 5.55. The molecule has 2 N–H and O–H groups in total. The van der Waals surface area contributed by atoms with Crippen molar-refractivity contribution in [1.82, 2.24) is 0 Å². The van der Waals surface area contributed by atoms with E-state index in [-0.39, 0.29) is 10.5 Å². The SMILES string of the molecule is N=Cc1ccccc1S(=O)(=O)O. The Morgan fingerprint density at radius 1 is 1.33 bits per heavy atom. The first kappa shape index (κ1) is 8.89. The molecule has 0 bridgehead atoms. The van der Waals surface area contributed by atoms with Gasteiger partial charge in [0.2, 0.25) is 0 Å². The summed E-state index contributed by atoms with van der Waals surface area (Å²) in [6.45, 7) is 0. The molecule has 0 aliphatic carbocycles. The second-order valence-electron chi connectivity index (χ2n) is 2.16. The molecule has 0 unspecified atom stereocenters. The molecule has 0 fully saturated rings. The Labute approximate surface area is 70.1 Å². The number of benzene rings is 1. The fourth-order valence-corrected chi connectivity index (χ4v) is 1.51. The molecule has 0 aliphatic rings. The van der Waals surface area contributed by atoms with Gasteiger partial charge in [0.25, 0.3) is 10.1 Å². The van der Waals surface area contributed by atoms with E-state index in [4.69, 9.17) is 9.96 Å². The minimum Gasteiger partial charge on any atom is -0.308 e. The largest absolute Gasteiger partial charge is 0.308 e. The highest BCUT2D eigenvalue weighted by atomic mass is 32.2. The first-order valence-electron chi connectivity index (χ1n) is 3.12. The predicted molar refractivity (Wildman–Crippen MR) is 44.1 cm³/mol. The van der Waals surface area contributed by atoms with Gasteiger partial charge in [-0.3, -0.25) is 4.55 Å². The van der Waals surface area contributed by atoms with E-state index in [0.717, 1.165) is 6.21 Å². The highest BCUT2D eigenvalue weighted by Gasteiger charge is 2.12. The lowest BCUT2D eigenvalue weighted by molar-refractivity contribution is 0.483. The van der Waals surface area contributed by atoms with E-state index in [1.807, 2.05) is 0 Å². The van der Waals surface area contributed by atoms with Gasteiger partial charge in [0.05, 0.1) is 0 Å². The van der Waals surface area contributed by atoms with Gasteiger partial charge in [0.1, 0.15) is 4.90 Å². The molecule has 0 radical (unpaired) electrons. The molecular formula is C7H7NO3S. The predicted octanol–water partition coefficient (Wildman–Crippen LogP) is 0.931. The van der Waals surface area contributed by atoms with E-state index >= 15 is 0 Å². The molecule has 4 nitrogen and oxygen atoms in total. The van der Waals surface area contributed by atoms with Crippen molar-refractivity contribution < 1.29 is 13.0 Å². The molecule has 1 aromatic rings. The van der Waals surface area contributed by atoms with E-state index in [0.29, 0.717) is 0 Å². The summed E-state index contributed by atoms with van der Waals surface area (Å²) in [6.07, 6.45) is 0.878. The van der Waals surface area contributed by atoms with Crippen molar-refractivity contribution in [3.8, 4) is 0 Å². The lowest BCUT2D eigenvalue weighted by Crippen LogP contribution is -2.01. The van der Waals surface area contributed by atoms with Crippen molar-refractivity contribution in [2.45, 2.75) is 4.90 Å². The summed E-state index contributed by atoms with van der Waals surface area (Å²) in [7, 11) is -4.20. The maximum atomic E-state index is 10.7. The van der Waals surface area contributed by atoms with Crippen LogP contribution in [0.2, 0.25) is 0 Å². The van der Waals surface area contributed by atoms with Crippen molar-refractivity contribution in [3.05, 3.63) is 29.8 Å². The summed E-state index contributed by atoms with van der Waals surface area (Å²) >= 11 is 0. The molecule has 1 rings (SSSR count). The summed E-state index contributed by atoms with van der Waals surface area (Å²) in [5.74, 6) is 0. The number of rotatable bonds is 2. The van der Waals surface area contributed by atoms with Gasteiger partial charge < -0.3 is 5.41 Å². The van der Waals surface area contributed by atoms with Crippen LogP contribution in [0.3, 0.4) is 0 Å². The summed E-state index contributed by atoms with van der Waals surface area (Å²) in [6, 6.07) is 5.76. The monoisotopic (exact) mass is 185 g/mol. The van der Waals surface area contributed by atoms with Crippen LogP contribution in [0.1, 0.15) is 5.56 Å². The van der Waals surface area contributed by atoms with E-state index in [1.54, 1.807) is 6.07 Å². The van der Waals surface area contributed by atoms with E-state index in [1.165, 1.54) is 18.2 Å². The topological polar surface area (TPSA) is 78.2 Å². The highest BCUT2D eigenvalue weighted by molar-refractivity contribution is 7.86. The van der Waals surface area contributed by atoms with Crippen LogP contribution < -0.4 is 0 Å². The Hall–Kier alpha value is -1.20. The van der Waals surface area contributed by atoms with E-state index < -0.39 is 10.1 Å². The van der Waals surface area contributed by atoms with Gasteiger partial charge in [-0.15, -0.1) is 0 Å². The van der Waals surface area contributed by atoms with Crippen molar-refractivity contribution in [2.24, 2.45) is 0 Å².